The Morgan fingerprint density at radius 2 is 2.22 bits per heavy atom. The molecule has 5 heteroatoms. The van der Waals surface area contributed by atoms with E-state index in [0.717, 1.165) is 42.9 Å². The molecule has 1 aliphatic heterocycles. The summed E-state index contributed by atoms with van der Waals surface area (Å²) in [5.41, 5.74) is 8.70. The van der Waals surface area contributed by atoms with Gasteiger partial charge in [0.25, 0.3) is 0 Å². The maximum Gasteiger partial charge on any atom is 0.172 e. The van der Waals surface area contributed by atoms with Crippen molar-refractivity contribution in [3.8, 4) is 0 Å². The molecule has 1 aliphatic rings. The molecule has 5 nitrogen and oxygen atoms in total. The molecule has 0 amide bonds. The average molecular weight is 249 g/mol. The lowest BCUT2D eigenvalue weighted by Crippen LogP contribution is -2.29. The maximum atomic E-state index is 8.88. The number of hydrogen-bond donors (Lipinski definition) is 2. The van der Waals surface area contributed by atoms with Crippen LogP contribution in [0.25, 0.3) is 0 Å². The predicted molar refractivity (Wildman–Crippen MR) is 71.3 cm³/mol. The van der Waals surface area contributed by atoms with Gasteiger partial charge >= 0.3 is 0 Å². The summed E-state index contributed by atoms with van der Waals surface area (Å²) in [5, 5.41) is 12.0. The van der Waals surface area contributed by atoms with Crippen molar-refractivity contribution in [3.05, 3.63) is 29.3 Å². The van der Waals surface area contributed by atoms with Crippen LogP contribution >= 0.6 is 0 Å². The van der Waals surface area contributed by atoms with Gasteiger partial charge in [0.15, 0.2) is 5.84 Å². The first-order valence-corrected chi connectivity index (χ1v) is 6.14. The number of nitrogens with zero attached hydrogens (tertiary/aromatic N) is 2. The van der Waals surface area contributed by atoms with E-state index in [1.165, 1.54) is 0 Å². The van der Waals surface area contributed by atoms with Crippen LogP contribution in [0.1, 0.15) is 17.5 Å². The van der Waals surface area contributed by atoms with Crippen LogP contribution in [0, 0.1) is 6.92 Å². The zero-order valence-electron chi connectivity index (χ0n) is 10.6. The van der Waals surface area contributed by atoms with Crippen LogP contribution in [0.4, 0.5) is 5.69 Å². The predicted octanol–water partition coefficient (Wildman–Crippen LogP) is 1.32. The van der Waals surface area contributed by atoms with Crippen molar-refractivity contribution in [1.82, 2.24) is 0 Å². The average Bonchev–Trinajstić information content (AvgIpc) is 2.66. The van der Waals surface area contributed by atoms with E-state index in [-0.39, 0.29) is 5.84 Å². The molecule has 0 unspecified atom stereocenters. The van der Waals surface area contributed by atoms with Gasteiger partial charge in [-0.3, -0.25) is 0 Å². The Morgan fingerprint density at radius 1 is 1.39 bits per heavy atom. The van der Waals surface area contributed by atoms with Gasteiger partial charge < -0.3 is 20.6 Å². The lowest BCUT2D eigenvalue weighted by molar-refractivity contribution is 0.152. The van der Waals surface area contributed by atoms with Gasteiger partial charge in [0.1, 0.15) is 0 Å². The van der Waals surface area contributed by atoms with E-state index >= 15 is 0 Å². The minimum absolute atomic E-state index is 0.152. The topological polar surface area (TPSA) is 71.1 Å². The molecule has 3 N–H and O–H groups in total. The number of rotatable bonds is 2. The second-order valence-electron chi connectivity index (χ2n) is 4.41. The van der Waals surface area contributed by atoms with Crippen LogP contribution in [0.15, 0.2) is 23.4 Å². The highest BCUT2D eigenvalue weighted by Crippen LogP contribution is 2.26. The largest absolute Gasteiger partial charge is 0.409 e. The third-order valence-corrected chi connectivity index (χ3v) is 3.16. The van der Waals surface area contributed by atoms with E-state index in [4.69, 9.17) is 15.7 Å². The highest BCUT2D eigenvalue weighted by atomic mass is 16.5. The summed E-state index contributed by atoms with van der Waals surface area (Å²) in [7, 11) is 0. The summed E-state index contributed by atoms with van der Waals surface area (Å²) in [5.74, 6) is 0.152. The molecule has 0 radical (unpaired) electrons. The molecular formula is C13H19N3O2. The molecule has 0 bridgehead atoms. The third kappa shape index (κ3) is 2.56. The second kappa shape index (κ2) is 5.73. The van der Waals surface area contributed by atoms with Gasteiger partial charge in [-0.2, -0.15) is 0 Å². The molecule has 1 heterocycles. The van der Waals surface area contributed by atoms with Crippen molar-refractivity contribution in [1.29, 1.82) is 0 Å². The fourth-order valence-corrected chi connectivity index (χ4v) is 2.31. The molecule has 1 fully saturated rings. The monoisotopic (exact) mass is 249 g/mol. The molecular weight excluding hydrogens is 230 g/mol. The van der Waals surface area contributed by atoms with Crippen molar-refractivity contribution >= 4 is 11.5 Å². The zero-order valence-corrected chi connectivity index (χ0v) is 10.6. The summed E-state index contributed by atoms with van der Waals surface area (Å²) in [6, 6.07) is 5.83. The van der Waals surface area contributed by atoms with E-state index in [9.17, 15) is 0 Å². The van der Waals surface area contributed by atoms with Crippen molar-refractivity contribution in [2.24, 2.45) is 10.9 Å². The Morgan fingerprint density at radius 3 is 3.00 bits per heavy atom. The van der Waals surface area contributed by atoms with Gasteiger partial charge in [-0.05, 0) is 25.0 Å². The Bertz CT molecular complexity index is 438. The molecule has 0 spiro atoms. The van der Waals surface area contributed by atoms with Crippen LogP contribution in [-0.4, -0.2) is 37.3 Å². The first kappa shape index (κ1) is 12.7. The normalized spacial score (nSPS) is 17.6. The van der Waals surface area contributed by atoms with E-state index in [2.05, 4.69) is 10.1 Å². The van der Waals surface area contributed by atoms with Gasteiger partial charge in [-0.15, -0.1) is 0 Å². The van der Waals surface area contributed by atoms with E-state index in [1.807, 2.05) is 25.1 Å². The number of ether oxygens (including phenoxy) is 1. The fraction of sp³-hybridized carbons (Fsp3) is 0.462. The maximum absolute atomic E-state index is 8.88. The molecule has 18 heavy (non-hydrogen) atoms. The van der Waals surface area contributed by atoms with E-state index in [0.29, 0.717) is 6.61 Å². The van der Waals surface area contributed by atoms with Gasteiger partial charge in [0.2, 0.25) is 0 Å². The molecule has 1 saturated heterocycles. The van der Waals surface area contributed by atoms with Crippen molar-refractivity contribution < 1.29 is 9.94 Å². The zero-order chi connectivity index (χ0) is 13.0. The Labute approximate surface area is 107 Å². The Balaban J connectivity index is 2.40. The third-order valence-electron chi connectivity index (χ3n) is 3.16. The fourth-order valence-electron chi connectivity index (χ4n) is 2.31. The van der Waals surface area contributed by atoms with Crippen LogP contribution in [0.3, 0.4) is 0 Å². The van der Waals surface area contributed by atoms with Gasteiger partial charge in [-0.25, -0.2) is 0 Å². The Kier molecular flexibility index (Phi) is 4.04. The highest BCUT2D eigenvalue weighted by molar-refractivity contribution is 6.02. The lowest BCUT2D eigenvalue weighted by atomic mass is 10.1. The minimum atomic E-state index is 0.152. The summed E-state index contributed by atoms with van der Waals surface area (Å²) < 4.78 is 5.46. The summed E-state index contributed by atoms with van der Waals surface area (Å²) >= 11 is 0. The summed E-state index contributed by atoms with van der Waals surface area (Å²) in [4.78, 5) is 2.25. The number of oxime groups is 1. The molecule has 98 valence electrons. The van der Waals surface area contributed by atoms with Crippen molar-refractivity contribution in [2.75, 3.05) is 31.2 Å². The summed E-state index contributed by atoms with van der Waals surface area (Å²) in [6.45, 7) is 5.30. The number of amidine groups is 1. The van der Waals surface area contributed by atoms with Gasteiger partial charge in [0, 0.05) is 25.3 Å². The quantitative estimate of drug-likeness (QED) is 0.359. The number of benzene rings is 1. The molecule has 0 saturated carbocycles. The SMILES string of the molecule is Cc1cccc(/C(N)=N/O)c1N1CCCOCC1. The molecule has 1 aromatic rings. The van der Waals surface area contributed by atoms with Crippen molar-refractivity contribution in [3.63, 3.8) is 0 Å². The molecule has 0 aromatic heterocycles. The smallest absolute Gasteiger partial charge is 0.172 e. The molecule has 1 aromatic carbocycles. The minimum Gasteiger partial charge on any atom is -0.409 e. The molecule has 0 aliphatic carbocycles. The van der Waals surface area contributed by atoms with E-state index in [1.54, 1.807) is 0 Å². The number of nitrogens with two attached hydrogens (primary N) is 1. The number of anilines is 1. The molecule has 0 atom stereocenters. The van der Waals surface area contributed by atoms with Gasteiger partial charge in [0.05, 0.1) is 12.3 Å². The molecule has 2 rings (SSSR count). The van der Waals surface area contributed by atoms with Crippen molar-refractivity contribution in [2.45, 2.75) is 13.3 Å². The van der Waals surface area contributed by atoms with Crippen LogP contribution < -0.4 is 10.6 Å². The Hall–Kier alpha value is -1.75. The van der Waals surface area contributed by atoms with Gasteiger partial charge in [-0.1, -0.05) is 17.3 Å². The number of aryl methyl sites for hydroxylation is 1. The first-order valence-electron chi connectivity index (χ1n) is 6.14. The summed E-state index contributed by atoms with van der Waals surface area (Å²) in [6.07, 6.45) is 0.990. The lowest BCUT2D eigenvalue weighted by Gasteiger charge is -2.26. The van der Waals surface area contributed by atoms with E-state index < -0.39 is 0 Å². The second-order valence-corrected chi connectivity index (χ2v) is 4.41. The van der Waals surface area contributed by atoms with Crippen LogP contribution in [-0.2, 0) is 4.74 Å². The first-order chi connectivity index (χ1) is 8.74. The number of hydrogen-bond acceptors (Lipinski definition) is 4. The van der Waals surface area contributed by atoms with Crippen LogP contribution in [0.5, 0.6) is 0 Å². The number of para-hydroxylation sites is 1. The standard InChI is InChI=1S/C13H19N3O2/c1-10-4-2-5-11(13(14)15-17)12(10)16-6-3-8-18-9-7-16/h2,4-5,17H,3,6-9H2,1H3,(H2,14,15). The van der Waals surface area contributed by atoms with Crippen LogP contribution in [0.2, 0.25) is 0 Å². The highest BCUT2D eigenvalue weighted by Gasteiger charge is 2.17.